The third-order valence-electron chi connectivity index (χ3n) is 11.2. The minimum Gasteiger partial charge on any atom is -0.394 e. The predicted octanol–water partition coefficient (Wildman–Crippen LogP) is 10.1. The van der Waals surface area contributed by atoms with E-state index < -0.39 is 49.5 Å². The number of allylic oxidation sites excluding steroid dienone is 5. The summed E-state index contributed by atoms with van der Waals surface area (Å²) >= 11 is 0. The average Bonchev–Trinajstić information content (AvgIpc) is 3.21. The zero-order valence-corrected chi connectivity index (χ0v) is 36.6. The van der Waals surface area contributed by atoms with E-state index >= 15 is 0 Å². The third kappa shape index (κ3) is 29.3. The van der Waals surface area contributed by atoms with Crippen LogP contribution in [0.5, 0.6) is 0 Å². The van der Waals surface area contributed by atoms with Gasteiger partial charge in [0.15, 0.2) is 6.29 Å². The molecule has 0 spiro atoms. The van der Waals surface area contributed by atoms with Crippen LogP contribution in [0.25, 0.3) is 0 Å². The second-order valence-electron chi connectivity index (χ2n) is 16.5. The molecule has 1 rings (SSSR count). The molecule has 9 nitrogen and oxygen atoms in total. The highest BCUT2D eigenvalue weighted by molar-refractivity contribution is 5.76. The molecule has 1 aliphatic heterocycles. The van der Waals surface area contributed by atoms with Gasteiger partial charge in [0.25, 0.3) is 0 Å². The molecule has 7 unspecified atom stereocenters. The van der Waals surface area contributed by atoms with E-state index in [2.05, 4.69) is 43.5 Å². The predicted molar refractivity (Wildman–Crippen MR) is 235 cm³/mol. The van der Waals surface area contributed by atoms with Gasteiger partial charge in [0, 0.05) is 6.42 Å². The second kappa shape index (κ2) is 38.6. The summed E-state index contributed by atoms with van der Waals surface area (Å²) in [4.78, 5) is 12.9. The van der Waals surface area contributed by atoms with Crippen LogP contribution in [0.4, 0.5) is 0 Å². The number of nitrogens with one attached hydrogen (secondary N) is 1. The van der Waals surface area contributed by atoms with E-state index in [0.29, 0.717) is 6.42 Å². The molecule has 0 saturated carbocycles. The van der Waals surface area contributed by atoms with Gasteiger partial charge in [-0.15, -0.1) is 0 Å². The SMILES string of the molecule is CCCCCCC/C=C\C/C=C\CCCCCCCCCCCCCC(=O)NC(COC1OC(CO)C(O)C(O)C1O)C(O)/C=C/CCCCCCCCCCC. The van der Waals surface area contributed by atoms with Crippen molar-refractivity contribution in [2.75, 3.05) is 13.2 Å². The lowest BCUT2D eigenvalue weighted by Crippen LogP contribution is -2.60. The van der Waals surface area contributed by atoms with Gasteiger partial charge < -0.3 is 40.3 Å². The number of carbonyl (C=O) groups excluding carboxylic acids is 1. The molecule has 1 fully saturated rings. The number of carbonyl (C=O) groups is 1. The van der Waals surface area contributed by atoms with Crippen molar-refractivity contribution < 1.29 is 39.8 Å². The van der Waals surface area contributed by atoms with Crippen LogP contribution in [0.3, 0.4) is 0 Å². The maximum absolute atomic E-state index is 12.9. The fraction of sp³-hybridized carbons (Fsp3) is 0.854. The van der Waals surface area contributed by atoms with Crippen LogP contribution in [0.2, 0.25) is 0 Å². The van der Waals surface area contributed by atoms with Crippen molar-refractivity contribution in [3.05, 3.63) is 36.5 Å². The van der Waals surface area contributed by atoms with Crippen LogP contribution in [-0.2, 0) is 14.3 Å². The molecule has 9 heteroatoms. The van der Waals surface area contributed by atoms with Crippen LogP contribution < -0.4 is 5.32 Å². The first-order valence-electron chi connectivity index (χ1n) is 23.7. The van der Waals surface area contributed by atoms with Gasteiger partial charge >= 0.3 is 0 Å². The molecule has 1 amide bonds. The van der Waals surface area contributed by atoms with Crippen LogP contribution in [0.1, 0.15) is 206 Å². The number of rotatable bonds is 39. The Bertz CT molecular complexity index is 987. The second-order valence-corrected chi connectivity index (χ2v) is 16.5. The number of hydrogen-bond acceptors (Lipinski definition) is 8. The Morgan fingerprint density at radius 2 is 1.04 bits per heavy atom. The first kappa shape index (κ1) is 53.4. The van der Waals surface area contributed by atoms with E-state index in [1.165, 1.54) is 141 Å². The van der Waals surface area contributed by atoms with Gasteiger partial charge in [-0.05, 0) is 51.4 Å². The average molecular weight is 808 g/mol. The lowest BCUT2D eigenvalue weighted by Gasteiger charge is -2.40. The number of amides is 1. The summed E-state index contributed by atoms with van der Waals surface area (Å²) in [6.07, 6.45) is 40.5. The van der Waals surface area contributed by atoms with Gasteiger partial charge in [-0.25, -0.2) is 0 Å². The Balaban J connectivity index is 2.27. The van der Waals surface area contributed by atoms with E-state index in [1.54, 1.807) is 6.08 Å². The van der Waals surface area contributed by atoms with Crippen LogP contribution in [0.15, 0.2) is 36.5 Å². The van der Waals surface area contributed by atoms with Gasteiger partial charge in [-0.2, -0.15) is 0 Å². The van der Waals surface area contributed by atoms with Crippen LogP contribution in [-0.4, -0.2) is 87.5 Å². The lowest BCUT2D eigenvalue weighted by atomic mass is 9.99. The molecule has 0 radical (unpaired) electrons. The quantitative estimate of drug-likeness (QED) is 0.0266. The van der Waals surface area contributed by atoms with E-state index in [9.17, 15) is 30.3 Å². The Morgan fingerprint density at radius 1 is 0.596 bits per heavy atom. The van der Waals surface area contributed by atoms with Gasteiger partial charge in [0.2, 0.25) is 5.91 Å². The molecule has 0 aromatic heterocycles. The molecule has 1 saturated heterocycles. The Morgan fingerprint density at radius 3 is 1.51 bits per heavy atom. The molecule has 0 aliphatic carbocycles. The topological polar surface area (TPSA) is 149 Å². The number of unbranched alkanes of at least 4 members (excludes halogenated alkanes) is 25. The molecule has 7 atom stereocenters. The highest BCUT2D eigenvalue weighted by atomic mass is 16.7. The molecule has 0 bridgehead atoms. The normalized spacial score (nSPS) is 21.3. The number of ether oxygens (including phenoxy) is 2. The van der Waals surface area contributed by atoms with E-state index in [0.717, 1.165) is 44.9 Å². The fourth-order valence-corrected chi connectivity index (χ4v) is 7.36. The molecular formula is C48H89NO8. The summed E-state index contributed by atoms with van der Waals surface area (Å²) in [6, 6.07) is -0.803. The lowest BCUT2D eigenvalue weighted by molar-refractivity contribution is -0.302. The number of aliphatic hydroxyl groups excluding tert-OH is 5. The first-order chi connectivity index (χ1) is 27.8. The maximum Gasteiger partial charge on any atom is 0.220 e. The van der Waals surface area contributed by atoms with E-state index in [4.69, 9.17) is 9.47 Å². The third-order valence-corrected chi connectivity index (χ3v) is 11.2. The number of aliphatic hydroxyl groups is 5. The fourth-order valence-electron chi connectivity index (χ4n) is 7.36. The summed E-state index contributed by atoms with van der Waals surface area (Å²) in [6.45, 7) is 3.74. The van der Waals surface area contributed by atoms with Crippen molar-refractivity contribution in [1.29, 1.82) is 0 Å². The summed E-state index contributed by atoms with van der Waals surface area (Å²) in [5.41, 5.74) is 0. The van der Waals surface area contributed by atoms with Crippen LogP contribution >= 0.6 is 0 Å². The largest absolute Gasteiger partial charge is 0.394 e. The Kier molecular flexibility index (Phi) is 36.2. The van der Waals surface area contributed by atoms with Crippen molar-refractivity contribution in [3.8, 4) is 0 Å². The Labute approximate surface area is 349 Å². The number of hydrogen-bond donors (Lipinski definition) is 6. The van der Waals surface area contributed by atoms with Gasteiger partial charge in [0.1, 0.15) is 24.4 Å². The molecule has 334 valence electrons. The molecule has 1 heterocycles. The van der Waals surface area contributed by atoms with Crippen molar-refractivity contribution in [2.45, 2.75) is 249 Å². The highest BCUT2D eigenvalue weighted by Crippen LogP contribution is 2.22. The zero-order valence-electron chi connectivity index (χ0n) is 36.6. The van der Waals surface area contributed by atoms with Gasteiger partial charge in [-0.1, -0.05) is 185 Å². The monoisotopic (exact) mass is 808 g/mol. The van der Waals surface area contributed by atoms with E-state index in [1.807, 2.05) is 6.08 Å². The molecule has 6 N–H and O–H groups in total. The van der Waals surface area contributed by atoms with Crippen molar-refractivity contribution >= 4 is 5.91 Å². The maximum atomic E-state index is 12.9. The minimum atomic E-state index is -1.56. The van der Waals surface area contributed by atoms with Gasteiger partial charge in [-0.3, -0.25) is 4.79 Å². The standard InChI is InChI=1S/C48H89NO8/c1-3-5-7-9-11-13-15-16-17-18-19-20-21-22-23-24-25-26-28-30-32-34-36-38-44(52)49-41(40-56-48-47(55)46(54)45(53)43(39-50)57-48)42(51)37-35-33-31-29-27-14-12-10-8-6-4-2/h15-16,18-19,35,37,41-43,45-48,50-51,53-55H,3-14,17,20-34,36,38-40H2,1-2H3,(H,49,52)/b16-15-,19-18-,37-35+. The van der Waals surface area contributed by atoms with Crippen molar-refractivity contribution in [1.82, 2.24) is 5.32 Å². The Hall–Kier alpha value is -1.59. The molecule has 57 heavy (non-hydrogen) atoms. The van der Waals surface area contributed by atoms with Crippen molar-refractivity contribution in [3.63, 3.8) is 0 Å². The molecular weight excluding hydrogens is 719 g/mol. The summed E-state index contributed by atoms with van der Waals surface area (Å²) in [5, 5.41) is 54.1. The van der Waals surface area contributed by atoms with Crippen LogP contribution in [0, 0.1) is 0 Å². The molecule has 0 aromatic rings. The van der Waals surface area contributed by atoms with E-state index in [-0.39, 0.29) is 12.5 Å². The van der Waals surface area contributed by atoms with Gasteiger partial charge in [0.05, 0.1) is 25.4 Å². The first-order valence-corrected chi connectivity index (χ1v) is 23.7. The minimum absolute atomic E-state index is 0.181. The summed E-state index contributed by atoms with van der Waals surface area (Å²) in [5.74, 6) is -0.181. The molecule has 0 aromatic carbocycles. The summed E-state index contributed by atoms with van der Waals surface area (Å²) in [7, 11) is 0. The zero-order chi connectivity index (χ0) is 41.6. The smallest absolute Gasteiger partial charge is 0.220 e. The van der Waals surface area contributed by atoms with Crippen molar-refractivity contribution in [2.24, 2.45) is 0 Å². The summed E-state index contributed by atoms with van der Waals surface area (Å²) < 4.78 is 11.2. The molecule has 1 aliphatic rings. The highest BCUT2D eigenvalue weighted by Gasteiger charge is 2.44.